The number of carbonyl (C=O) groups excluding carboxylic acids is 1. The maximum Gasteiger partial charge on any atom is 0.267 e. The van der Waals surface area contributed by atoms with Gasteiger partial charge >= 0.3 is 0 Å². The predicted octanol–water partition coefficient (Wildman–Crippen LogP) is 5.28. The smallest absolute Gasteiger partial charge is 0.267 e. The molecule has 4 atom stereocenters. The molecule has 36 heavy (non-hydrogen) atoms. The second-order valence-electron chi connectivity index (χ2n) is 9.29. The number of carbonyl (C=O) groups is 1. The summed E-state index contributed by atoms with van der Waals surface area (Å²) in [6.45, 7) is 5.41. The van der Waals surface area contributed by atoms with E-state index in [4.69, 9.17) is 0 Å². The van der Waals surface area contributed by atoms with Gasteiger partial charge in [-0.2, -0.15) is 0 Å². The summed E-state index contributed by atoms with van der Waals surface area (Å²) in [5.41, 5.74) is 2.62. The van der Waals surface area contributed by atoms with Crippen molar-refractivity contribution in [3.05, 3.63) is 123 Å². The van der Waals surface area contributed by atoms with E-state index in [0.717, 1.165) is 15.4 Å². The zero-order valence-electron chi connectivity index (χ0n) is 20.3. The normalized spacial score (nSPS) is 22.2. The number of nitro groups is 1. The first-order valence-electron chi connectivity index (χ1n) is 11.7. The predicted molar refractivity (Wildman–Crippen MR) is 137 cm³/mol. The van der Waals surface area contributed by atoms with Crippen LogP contribution in [0.4, 0.5) is 0 Å². The zero-order valence-corrected chi connectivity index (χ0v) is 21.1. The highest BCUT2D eigenvalue weighted by Crippen LogP contribution is 2.47. The molecule has 0 radical (unpaired) electrons. The second-order valence-corrected chi connectivity index (χ2v) is 11.1. The number of aryl methyl sites for hydroxylation is 1. The monoisotopic (exact) mass is 504 g/mol. The molecule has 0 aromatic heterocycles. The number of piperidine rings is 1. The fourth-order valence-electron chi connectivity index (χ4n) is 4.92. The van der Waals surface area contributed by atoms with Crippen LogP contribution in [0, 0.1) is 23.0 Å². The van der Waals surface area contributed by atoms with E-state index in [-0.39, 0.29) is 4.90 Å². The summed E-state index contributed by atoms with van der Waals surface area (Å²) in [6, 6.07) is 20.6. The Bertz CT molecular complexity index is 1380. The zero-order chi connectivity index (χ0) is 26.0. The highest BCUT2D eigenvalue weighted by atomic mass is 32.2. The third kappa shape index (κ3) is 4.68. The lowest BCUT2D eigenvalue weighted by Crippen LogP contribution is -2.57. The Labute approximate surface area is 211 Å². The third-order valence-electron chi connectivity index (χ3n) is 6.49. The molecular formula is C28H28N2O5S. The minimum Gasteiger partial charge on any atom is -0.273 e. The minimum atomic E-state index is -4.42. The van der Waals surface area contributed by atoms with Crippen molar-refractivity contribution in [1.29, 1.82) is 0 Å². The van der Waals surface area contributed by atoms with Crippen molar-refractivity contribution >= 4 is 15.9 Å². The van der Waals surface area contributed by atoms with Crippen LogP contribution in [0.15, 0.2) is 101 Å². The Kier molecular flexibility index (Phi) is 7.08. The second kappa shape index (κ2) is 10.1. The summed E-state index contributed by atoms with van der Waals surface area (Å²) < 4.78 is 28.7. The van der Waals surface area contributed by atoms with Gasteiger partial charge in [0.25, 0.3) is 10.0 Å². The Morgan fingerprint density at radius 1 is 0.889 bits per heavy atom. The van der Waals surface area contributed by atoms with E-state index in [1.807, 2.05) is 6.92 Å². The van der Waals surface area contributed by atoms with Crippen molar-refractivity contribution in [1.82, 2.24) is 4.31 Å². The molecule has 1 amide bonds. The van der Waals surface area contributed by atoms with Crippen LogP contribution >= 0.6 is 0 Å². The third-order valence-corrected chi connectivity index (χ3v) is 8.29. The minimum absolute atomic E-state index is 0.0846. The number of hydrogen-bond donors (Lipinski definition) is 0. The van der Waals surface area contributed by atoms with Crippen LogP contribution in [0.2, 0.25) is 0 Å². The van der Waals surface area contributed by atoms with Crippen LogP contribution < -0.4 is 0 Å². The number of nitrogens with zero attached hydrogens (tertiary/aromatic N) is 2. The fraction of sp³-hybridized carbons (Fsp3) is 0.250. The first kappa shape index (κ1) is 25.3. The van der Waals surface area contributed by atoms with E-state index in [1.54, 1.807) is 92.7 Å². The highest BCUT2D eigenvalue weighted by molar-refractivity contribution is 7.89. The quantitative estimate of drug-likeness (QED) is 0.258. The van der Waals surface area contributed by atoms with E-state index in [2.05, 4.69) is 0 Å². The molecule has 3 aromatic carbocycles. The standard InChI is InChI=1S/C28H28N2O5S/c1-19(2)18-24-25(21-10-6-4-7-11-21)27(30(32)33)26(22-12-8-5-9-13-22)29(28(24)31)36(34,35)23-16-14-20(3)15-17-23/h4-18,24-27H,1-3H3/t24-,25-,26+,27-/m1/s1. The van der Waals surface area contributed by atoms with Crippen molar-refractivity contribution in [2.45, 2.75) is 43.7 Å². The lowest BCUT2D eigenvalue weighted by molar-refractivity contribution is -0.537. The van der Waals surface area contributed by atoms with E-state index in [0.29, 0.717) is 11.1 Å². The number of allylic oxidation sites excluding steroid dienone is 1. The number of rotatable bonds is 6. The molecule has 4 rings (SSSR count). The number of amides is 1. The molecule has 1 aliphatic heterocycles. The molecule has 0 bridgehead atoms. The van der Waals surface area contributed by atoms with Gasteiger partial charge in [0.15, 0.2) is 0 Å². The van der Waals surface area contributed by atoms with E-state index >= 15 is 0 Å². The van der Waals surface area contributed by atoms with Gasteiger partial charge in [0.1, 0.15) is 6.04 Å². The van der Waals surface area contributed by atoms with Gasteiger partial charge in [-0.1, -0.05) is 90.0 Å². The number of sulfonamides is 1. The first-order chi connectivity index (χ1) is 17.1. The SMILES string of the molecule is CC(C)=C[C@H]1C(=O)N(S(=O)(=O)c2ccc(C)cc2)[C@@H](c2ccccc2)[C@H]([N+](=O)[O-])[C@@H]1c1ccccc1. The van der Waals surface area contributed by atoms with Gasteiger partial charge in [-0.15, -0.1) is 0 Å². The molecule has 1 heterocycles. The van der Waals surface area contributed by atoms with Crippen LogP contribution in [0.3, 0.4) is 0 Å². The van der Waals surface area contributed by atoms with Crippen molar-refractivity contribution < 1.29 is 18.1 Å². The first-order valence-corrected chi connectivity index (χ1v) is 13.1. The molecule has 8 heteroatoms. The fourth-order valence-corrected chi connectivity index (χ4v) is 6.53. The lowest BCUT2D eigenvalue weighted by atomic mass is 9.72. The van der Waals surface area contributed by atoms with Gasteiger partial charge in [0.2, 0.25) is 11.9 Å². The van der Waals surface area contributed by atoms with Crippen molar-refractivity contribution in [3.8, 4) is 0 Å². The number of hydrogen-bond acceptors (Lipinski definition) is 5. The van der Waals surface area contributed by atoms with Gasteiger partial charge in [0.05, 0.1) is 16.7 Å². The maximum atomic E-state index is 14.2. The van der Waals surface area contributed by atoms with E-state index < -0.39 is 44.8 Å². The molecule has 0 unspecified atom stereocenters. The molecule has 1 saturated heterocycles. The summed E-state index contributed by atoms with van der Waals surface area (Å²) in [5, 5.41) is 12.8. The molecule has 0 saturated carbocycles. The molecule has 186 valence electrons. The van der Waals surface area contributed by atoms with Gasteiger partial charge in [-0.05, 0) is 44.0 Å². The molecule has 1 aliphatic rings. The van der Waals surface area contributed by atoms with Crippen molar-refractivity contribution in [3.63, 3.8) is 0 Å². The maximum absolute atomic E-state index is 14.2. The van der Waals surface area contributed by atoms with E-state index in [1.165, 1.54) is 12.1 Å². The average molecular weight is 505 g/mol. The van der Waals surface area contributed by atoms with Crippen LogP contribution in [-0.4, -0.2) is 29.6 Å². The van der Waals surface area contributed by atoms with Crippen LogP contribution in [0.25, 0.3) is 0 Å². The van der Waals surface area contributed by atoms with Gasteiger partial charge in [0, 0.05) is 4.92 Å². The van der Waals surface area contributed by atoms with Gasteiger partial charge in [-0.25, -0.2) is 12.7 Å². The average Bonchev–Trinajstić information content (AvgIpc) is 2.85. The van der Waals surface area contributed by atoms with E-state index in [9.17, 15) is 23.3 Å². The lowest BCUT2D eigenvalue weighted by Gasteiger charge is -2.43. The topological polar surface area (TPSA) is 97.6 Å². The van der Waals surface area contributed by atoms with Crippen molar-refractivity contribution in [2.24, 2.45) is 5.92 Å². The summed E-state index contributed by atoms with van der Waals surface area (Å²) in [4.78, 5) is 26.4. The van der Waals surface area contributed by atoms with Crippen LogP contribution in [0.5, 0.6) is 0 Å². The molecule has 3 aromatic rings. The van der Waals surface area contributed by atoms with Gasteiger partial charge < -0.3 is 0 Å². The Morgan fingerprint density at radius 2 is 1.42 bits per heavy atom. The van der Waals surface area contributed by atoms with Crippen LogP contribution in [0.1, 0.15) is 42.5 Å². The summed E-state index contributed by atoms with van der Waals surface area (Å²) in [7, 11) is -4.42. The Balaban J connectivity index is 2.02. The molecule has 1 fully saturated rings. The molecular weight excluding hydrogens is 476 g/mol. The Morgan fingerprint density at radius 3 is 1.92 bits per heavy atom. The number of benzene rings is 3. The molecule has 0 aliphatic carbocycles. The highest BCUT2D eigenvalue weighted by Gasteiger charge is 2.58. The summed E-state index contributed by atoms with van der Waals surface area (Å²) in [5.74, 6) is -2.58. The summed E-state index contributed by atoms with van der Waals surface area (Å²) >= 11 is 0. The molecule has 0 N–H and O–H groups in total. The summed E-state index contributed by atoms with van der Waals surface area (Å²) in [6.07, 6.45) is 1.65. The van der Waals surface area contributed by atoms with Crippen molar-refractivity contribution in [2.75, 3.05) is 0 Å². The van der Waals surface area contributed by atoms with Crippen LogP contribution in [-0.2, 0) is 14.8 Å². The molecule has 0 spiro atoms. The Hall–Kier alpha value is -3.78. The largest absolute Gasteiger partial charge is 0.273 e. The molecule has 7 nitrogen and oxygen atoms in total. The van der Waals surface area contributed by atoms with Gasteiger partial charge in [-0.3, -0.25) is 14.9 Å².